The molecule has 0 radical (unpaired) electrons. The van der Waals surface area contributed by atoms with Gasteiger partial charge in [-0.15, -0.1) is 0 Å². The lowest BCUT2D eigenvalue weighted by molar-refractivity contribution is -0.154. The number of unbranched alkanes of at least 4 members (excludes halogenated alkanes) is 46. The van der Waals surface area contributed by atoms with Gasteiger partial charge in [0.1, 0.15) is 37.5 Å². The van der Waals surface area contributed by atoms with Crippen LogP contribution in [0, 0.1) is 0 Å². The Morgan fingerprint density at radius 1 is 0.340 bits per heavy atom. The summed E-state index contributed by atoms with van der Waals surface area (Å²) in [5, 5.41) is 10.6. The van der Waals surface area contributed by atoms with E-state index < -0.39 is 66.4 Å². The molecule has 0 bridgehead atoms. The summed E-state index contributed by atoms with van der Waals surface area (Å²) >= 11 is 0. The first-order valence-corrected chi connectivity index (χ1v) is 41.5. The second-order valence-electron chi connectivity index (χ2n) is 26.2. The van der Waals surface area contributed by atoms with Crippen LogP contribution in [0.3, 0.4) is 0 Å². The molecule has 2 unspecified atom stereocenters. The molecule has 0 aliphatic carbocycles. The monoisotopic (exact) mass is 1380 g/mol. The highest BCUT2D eigenvalue weighted by molar-refractivity contribution is 7.47. The van der Waals surface area contributed by atoms with Crippen molar-refractivity contribution < 1.29 is 80.2 Å². The molecular formula is C75H142O17P2. The van der Waals surface area contributed by atoms with Crippen molar-refractivity contribution in [2.75, 3.05) is 52.9 Å². The summed E-state index contributed by atoms with van der Waals surface area (Å²) in [6, 6.07) is 0. The highest BCUT2D eigenvalue weighted by atomic mass is 31.2. The number of hydrogen-bond donors (Lipinski definition) is 3. The van der Waals surface area contributed by atoms with Gasteiger partial charge in [0.25, 0.3) is 0 Å². The predicted octanol–water partition coefficient (Wildman–Crippen LogP) is 21.1. The minimum Gasteiger partial charge on any atom is -0.463 e. The Morgan fingerprint density at radius 3 is 1.01 bits per heavy atom. The number of aliphatic hydroxyl groups excluding tert-OH is 1. The Bertz CT molecular complexity index is 1820. The van der Waals surface area contributed by atoms with Crippen LogP contribution in [0.4, 0.5) is 0 Å². The molecule has 0 aliphatic rings. The first-order valence-electron chi connectivity index (χ1n) is 38.5. The minimum atomic E-state index is -4.84. The molecule has 554 valence electrons. The third kappa shape index (κ3) is 71.2. The van der Waals surface area contributed by atoms with E-state index in [1.165, 1.54) is 148 Å². The molecule has 0 saturated carbocycles. The zero-order valence-electron chi connectivity index (χ0n) is 60.0. The fourth-order valence-corrected chi connectivity index (χ4v) is 12.6. The first kappa shape index (κ1) is 91.9. The lowest BCUT2D eigenvalue weighted by Gasteiger charge is -2.21. The van der Waals surface area contributed by atoms with Crippen molar-refractivity contribution >= 4 is 40.2 Å². The van der Waals surface area contributed by atoms with E-state index in [9.17, 15) is 43.2 Å². The summed E-state index contributed by atoms with van der Waals surface area (Å²) in [4.78, 5) is 67.9. The van der Waals surface area contributed by atoms with Crippen LogP contribution in [0.1, 0.15) is 361 Å². The smallest absolute Gasteiger partial charge is 0.463 e. The molecule has 0 aromatic carbocycles. The Kier molecular flexibility index (Phi) is 70.5. The Hall–Kier alpha value is -2.14. The van der Waals surface area contributed by atoms with E-state index in [2.05, 4.69) is 38.2 Å². The Balaban J connectivity index is 5.14. The number of aliphatic hydroxyl groups is 1. The van der Waals surface area contributed by atoms with Gasteiger partial charge in [-0.05, 0) is 89.9 Å². The van der Waals surface area contributed by atoms with Crippen LogP contribution in [-0.4, -0.2) is 111 Å². The van der Waals surface area contributed by atoms with Gasteiger partial charge in [-0.25, -0.2) is 9.13 Å². The maximum absolute atomic E-state index is 13.1. The first-order chi connectivity index (χ1) is 45.9. The second kappa shape index (κ2) is 72.1. The number of carbonyl (C=O) groups excluding carboxylic acids is 4. The van der Waals surface area contributed by atoms with E-state index in [1.54, 1.807) is 0 Å². The number of phosphoric acid groups is 2. The van der Waals surface area contributed by atoms with E-state index in [4.69, 9.17) is 37.0 Å². The summed E-state index contributed by atoms with van der Waals surface area (Å²) in [6.07, 6.45) is 65.6. The maximum atomic E-state index is 13.1. The van der Waals surface area contributed by atoms with Crippen molar-refractivity contribution in [3.8, 4) is 0 Å². The van der Waals surface area contributed by atoms with Gasteiger partial charge in [-0.2, -0.15) is 0 Å². The van der Waals surface area contributed by atoms with Gasteiger partial charge in [-0.1, -0.05) is 269 Å². The number of esters is 2. The van der Waals surface area contributed by atoms with E-state index in [0.29, 0.717) is 38.9 Å². The molecule has 5 atom stereocenters. The molecule has 0 aromatic heterocycles. The van der Waals surface area contributed by atoms with Crippen LogP contribution in [0.5, 0.6) is 0 Å². The summed E-state index contributed by atoms with van der Waals surface area (Å²) in [6.45, 7) is 2.40. The molecular weight excluding hydrogens is 1230 g/mol. The number of ether oxygens (including phenoxy) is 4. The lowest BCUT2D eigenvalue weighted by Crippen LogP contribution is -2.29. The largest absolute Gasteiger partial charge is 0.472 e. The average Bonchev–Trinajstić information content (AvgIpc) is 2.60. The third-order valence-corrected chi connectivity index (χ3v) is 18.9. The van der Waals surface area contributed by atoms with Crippen molar-refractivity contribution in [1.82, 2.24) is 0 Å². The molecule has 0 fully saturated rings. The molecule has 19 heteroatoms. The normalized spacial score (nSPS) is 14.1. The van der Waals surface area contributed by atoms with Crippen molar-refractivity contribution in [2.24, 2.45) is 0 Å². The van der Waals surface area contributed by atoms with Crippen LogP contribution >= 0.6 is 15.6 Å². The highest BCUT2D eigenvalue weighted by Crippen LogP contribution is 2.45. The van der Waals surface area contributed by atoms with Crippen molar-refractivity contribution in [1.29, 1.82) is 0 Å². The summed E-state index contributed by atoms with van der Waals surface area (Å²) < 4.78 is 69.9. The molecule has 0 spiro atoms. The molecule has 3 N–H and O–H groups in total. The number of phosphoric ester groups is 2. The topological polar surface area (TPSA) is 237 Å². The van der Waals surface area contributed by atoms with E-state index >= 15 is 0 Å². The average molecular weight is 1380 g/mol. The molecule has 94 heavy (non-hydrogen) atoms. The molecule has 17 nitrogen and oxygen atoms in total. The molecule has 0 amide bonds. The van der Waals surface area contributed by atoms with Gasteiger partial charge in [-0.3, -0.25) is 27.7 Å². The predicted molar refractivity (Wildman–Crippen MR) is 382 cm³/mol. The molecule has 0 heterocycles. The van der Waals surface area contributed by atoms with Crippen LogP contribution in [0.2, 0.25) is 0 Å². The SMILES string of the molecule is CCCCCCCCCCCCCCCC(=O)OC[C@H](COP(=O)(O)OC[C@@H](O)COP(=O)(O)OC[C@@H](COCCCCCCCCC/C=C\CCCCCCC=O)OC(=O)CCCCCCCCCCCCCCC)OCCCCCCC/C=C\CCCCCCC=O. The van der Waals surface area contributed by atoms with E-state index in [0.717, 1.165) is 173 Å². The fraction of sp³-hybridized carbons (Fsp3) is 0.893. The summed E-state index contributed by atoms with van der Waals surface area (Å²) in [7, 11) is -9.66. The molecule has 0 aromatic rings. The zero-order valence-corrected chi connectivity index (χ0v) is 61.8. The number of hydrogen-bond acceptors (Lipinski definition) is 15. The van der Waals surface area contributed by atoms with Crippen molar-refractivity contribution in [3.63, 3.8) is 0 Å². The minimum absolute atomic E-state index is 0.0552. The Labute approximate surface area is 573 Å². The molecule has 0 saturated heterocycles. The number of rotatable bonds is 78. The lowest BCUT2D eigenvalue weighted by atomic mass is 10.0. The van der Waals surface area contributed by atoms with Gasteiger partial charge < -0.3 is 43.4 Å². The van der Waals surface area contributed by atoms with Crippen LogP contribution in [0.25, 0.3) is 0 Å². The number of aldehydes is 2. The number of carbonyl (C=O) groups is 4. The number of allylic oxidation sites excluding steroid dienone is 4. The van der Waals surface area contributed by atoms with Crippen molar-refractivity contribution in [2.45, 2.75) is 379 Å². The molecule has 0 rings (SSSR count). The summed E-state index contributed by atoms with van der Waals surface area (Å²) in [5.41, 5.74) is 0. The van der Waals surface area contributed by atoms with Gasteiger partial charge >= 0.3 is 27.6 Å². The van der Waals surface area contributed by atoms with Gasteiger partial charge in [0.15, 0.2) is 0 Å². The summed E-state index contributed by atoms with van der Waals surface area (Å²) in [5.74, 6) is -0.838. The van der Waals surface area contributed by atoms with Crippen molar-refractivity contribution in [3.05, 3.63) is 24.3 Å². The Morgan fingerprint density at radius 2 is 0.638 bits per heavy atom. The highest BCUT2D eigenvalue weighted by Gasteiger charge is 2.29. The van der Waals surface area contributed by atoms with E-state index in [1.807, 2.05) is 0 Å². The fourth-order valence-electron chi connectivity index (χ4n) is 11.0. The zero-order chi connectivity index (χ0) is 68.6. The van der Waals surface area contributed by atoms with Crippen LogP contribution in [0.15, 0.2) is 24.3 Å². The van der Waals surface area contributed by atoms with Gasteiger partial charge in [0.2, 0.25) is 0 Å². The molecule has 0 aliphatic heterocycles. The standard InChI is InChI=1S/C75H142O17P2/c1-3-5-7-9-11-13-15-23-29-35-41-47-53-59-74(79)87-68-72(86-64-58-52-46-40-34-28-22-20-26-32-38-44-50-56-62-77)69-90-93(81,82)88-65-71(78)66-89-94(83,84)91-70-73(92-75(80)60-54-48-42-36-30-24-16-14-12-10-8-6-4-2)67-85-63-57-51-45-39-33-27-21-18-17-19-25-31-37-43-49-55-61-76/h17,19-20,22,61-62,71-73,78H,3-16,18,21,23-60,63-70H2,1-2H3,(H,81,82)(H,83,84)/b19-17-,22-20-/t71-,72-,73-/m1/s1. The van der Waals surface area contributed by atoms with Crippen LogP contribution in [-0.2, 0) is 65.4 Å². The van der Waals surface area contributed by atoms with Gasteiger partial charge in [0.05, 0.1) is 33.0 Å². The maximum Gasteiger partial charge on any atom is 0.472 e. The quantitative estimate of drug-likeness (QED) is 0.0169. The van der Waals surface area contributed by atoms with Gasteiger partial charge in [0, 0.05) is 38.9 Å². The third-order valence-electron chi connectivity index (χ3n) is 17.0. The second-order valence-corrected chi connectivity index (χ2v) is 29.1. The van der Waals surface area contributed by atoms with Crippen LogP contribution < -0.4 is 0 Å². The van der Waals surface area contributed by atoms with E-state index in [-0.39, 0.29) is 32.0 Å².